The second-order valence-electron chi connectivity index (χ2n) is 9.40. The molecule has 2 atom stereocenters. The zero-order chi connectivity index (χ0) is 27.9. The molecule has 4 aromatic rings. The van der Waals surface area contributed by atoms with Gasteiger partial charge < -0.3 is 15.2 Å². The Labute approximate surface area is 234 Å². The average Bonchev–Trinajstić information content (AvgIpc) is 3.44. The number of methoxy groups -OCH3 is 1. The molecule has 2 unspecified atom stereocenters. The summed E-state index contributed by atoms with van der Waals surface area (Å²) in [5.41, 5.74) is -0.492. The van der Waals surface area contributed by atoms with Crippen LogP contribution in [0.4, 0.5) is 5.69 Å². The third-order valence-corrected chi connectivity index (χ3v) is 7.32. The van der Waals surface area contributed by atoms with Gasteiger partial charge in [-0.3, -0.25) is 24.2 Å². The average molecular weight is 566 g/mol. The Morgan fingerprint density at radius 3 is 2.44 bits per heavy atom. The van der Waals surface area contributed by atoms with E-state index in [4.69, 9.17) is 27.9 Å². The summed E-state index contributed by atoms with van der Waals surface area (Å²) >= 11 is 12.2. The van der Waals surface area contributed by atoms with Crippen molar-refractivity contribution in [3.8, 4) is 0 Å². The number of ether oxygens (including phenoxy) is 1. The highest BCUT2D eigenvalue weighted by atomic mass is 35.5. The number of aryl methyl sites for hydroxylation is 1. The van der Waals surface area contributed by atoms with Crippen LogP contribution in [0, 0.1) is 0 Å². The molecule has 0 radical (unpaired) electrons. The Balaban J connectivity index is 1.59. The van der Waals surface area contributed by atoms with Gasteiger partial charge in [0, 0.05) is 48.3 Å². The van der Waals surface area contributed by atoms with Crippen LogP contribution in [0.1, 0.15) is 39.7 Å². The van der Waals surface area contributed by atoms with E-state index in [1.807, 2.05) is 0 Å². The van der Waals surface area contributed by atoms with Gasteiger partial charge in [-0.2, -0.15) is 5.10 Å². The predicted molar refractivity (Wildman–Crippen MR) is 146 cm³/mol. The molecule has 1 aliphatic rings. The van der Waals surface area contributed by atoms with E-state index in [0.29, 0.717) is 32.6 Å². The van der Waals surface area contributed by atoms with E-state index >= 15 is 0 Å². The van der Waals surface area contributed by atoms with Crippen molar-refractivity contribution in [1.82, 2.24) is 19.7 Å². The number of nitrogens with one attached hydrogen (secondary N) is 1. The summed E-state index contributed by atoms with van der Waals surface area (Å²) in [4.78, 5) is 33.0. The van der Waals surface area contributed by atoms with Crippen molar-refractivity contribution < 1.29 is 19.4 Å². The van der Waals surface area contributed by atoms with Crippen LogP contribution in [-0.2, 0) is 34.4 Å². The van der Waals surface area contributed by atoms with Gasteiger partial charge in [0.2, 0.25) is 0 Å². The molecule has 39 heavy (non-hydrogen) atoms. The molecule has 0 bridgehead atoms. The molecule has 9 nitrogen and oxygen atoms in total. The summed E-state index contributed by atoms with van der Waals surface area (Å²) in [5, 5.41) is 19.0. The topological polar surface area (TPSA) is 110 Å². The number of benzene rings is 2. The highest BCUT2D eigenvalue weighted by Gasteiger charge is 2.52. The zero-order valence-corrected chi connectivity index (χ0v) is 22.9. The molecule has 11 heteroatoms. The number of amides is 2. The normalized spacial score (nSPS) is 18.1. The maximum Gasteiger partial charge on any atom is 0.260 e. The summed E-state index contributed by atoms with van der Waals surface area (Å²) < 4.78 is 7.67. The molecule has 2 N–H and O–H groups in total. The van der Waals surface area contributed by atoms with Crippen molar-refractivity contribution in [2.24, 2.45) is 7.05 Å². The van der Waals surface area contributed by atoms with Gasteiger partial charge in [0.05, 0.1) is 29.1 Å². The molecule has 2 aromatic carbocycles. The third kappa shape index (κ3) is 4.68. The smallest absolute Gasteiger partial charge is 0.260 e. The quantitative estimate of drug-likeness (QED) is 0.342. The highest BCUT2D eigenvalue weighted by Crippen LogP contribution is 2.46. The minimum atomic E-state index is -1.95. The second kappa shape index (κ2) is 10.1. The number of pyridine rings is 1. The van der Waals surface area contributed by atoms with E-state index in [0.717, 1.165) is 0 Å². The number of anilines is 1. The first kappa shape index (κ1) is 26.8. The molecule has 1 aliphatic heterocycles. The number of carbonyl (C=O) groups excluding carboxylic acids is 2. The van der Waals surface area contributed by atoms with Gasteiger partial charge in [-0.25, -0.2) is 0 Å². The minimum absolute atomic E-state index is 0.106. The van der Waals surface area contributed by atoms with Gasteiger partial charge in [-0.05, 0) is 42.8 Å². The standard InChI is InChI=1S/C28H25Cl2N5O4/c1-27(38,26(37)33-22-14-32-34(2)15-22)18-6-11-24-23(12-18)25(36)35(16-21-10-9-20(30)13-31-21)28(24,39-3)17-4-7-19(29)8-5-17/h4-15,38H,16H2,1-3H3,(H,33,37). The minimum Gasteiger partial charge on any atom is -0.376 e. The number of aromatic nitrogens is 3. The van der Waals surface area contributed by atoms with Crippen molar-refractivity contribution in [3.05, 3.63) is 111 Å². The number of nitrogens with zero attached hydrogens (tertiary/aromatic N) is 4. The van der Waals surface area contributed by atoms with Crippen molar-refractivity contribution >= 4 is 40.7 Å². The Bertz CT molecular complexity index is 1550. The SMILES string of the molecule is COC1(c2ccc(Cl)cc2)c2ccc(C(C)(O)C(=O)Nc3cnn(C)c3)cc2C(=O)N1Cc1ccc(Cl)cn1. The van der Waals surface area contributed by atoms with Crippen molar-refractivity contribution in [2.45, 2.75) is 24.8 Å². The molecule has 0 saturated carbocycles. The van der Waals surface area contributed by atoms with Gasteiger partial charge in [-0.15, -0.1) is 0 Å². The largest absolute Gasteiger partial charge is 0.376 e. The van der Waals surface area contributed by atoms with Gasteiger partial charge >= 0.3 is 0 Å². The van der Waals surface area contributed by atoms with Crippen molar-refractivity contribution in [2.75, 3.05) is 12.4 Å². The van der Waals surface area contributed by atoms with Crippen LogP contribution in [0.15, 0.2) is 73.2 Å². The van der Waals surface area contributed by atoms with Crippen LogP contribution in [0.25, 0.3) is 0 Å². The number of halogens is 2. The number of hydrogen-bond donors (Lipinski definition) is 2. The lowest BCUT2D eigenvalue weighted by Crippen LogP contribution is -2.45. The van der Waals surface area contributed by atoms with E-state index in [-0.39, 0.29) is 23.6 Å². The summed E-state index contributed by atoms with van der Waals surface area (Å²) in [6.07, 6.45) is 4.60. The molecular formula is C28H25Cl2N5O4. The van der Waals surface area contributed by atoms with E-state index in [1.165, 1.54) is 37.2 Å². The van der Waals surface area contributed by atoms with Crippen LogP contribution in [-0.4, -0.2) is 43.7 Å². The van der Waals surface area contributed by atoms with E-state index < -0.39 is 17.2 Å². The number of rotatable bonds is 7. The molecule has 200 valence electrons. The fraction of sp³-hybridized carbons (Fsp3) is 0.214. The first-order valence-corrected chi connectivity index (χ1v) is 12.7. The summed E-state index contributed by atoms with van der Waals surface area (Å²) in [6.45, 7) is 1.48. The molecule has 0 fully saturated rings. The Kier molecular flexibility index (Phi) is 6.94. The maximum atomic E-state index is 14.0. The van der Waals surface area contributed by atoms with Crippen LogP contribution in [0.2, 0.25) is 10.0 Å². The van der Waals surface area contributed by atoms with Crippen LogP contribution < -0.4 is 5.32 Å². The maximum absolute atomic E-state index is 14.0. The first-order valence-electron chi connectivity index (χ1n) is 12.0. The summed E-state index contributed by atoms with van der Waals surface area (Å²) in [5.74, 6) is -1.03. The Hall–Kier alpha value is -3.76. The van der Waals surface area contributed by atoms with E-state index in [1.54, 1.807) is 66.7 Å². The molecular weight excluding hydrogens is 541 g/mol. The van der Waals surface area contributed by atoms with Crippen molar-refractivity contribution in [3.63, 3.8) is 0 Å². The predicted octanol–water partition coefficient (Wildman–Crippen LogP) is 4.47. The van der Waals surface area contributed by atoms with Gasteiger partial charge in [0.25, 0.3) is 11.8 Å². The zero-order valence-electron chi connectivity index (χ0n) is 21.4. The Morgan fingerprint density at radius 2 is 1.82 bits per heavy atom. The van der Waals surface area contributed by atoms with Crippen LogP contribution in [0.3, 0.4) is 0 Å². The first-order chi connectivity index (χ1) is 18.6. The fourth-order valence-corrected chi connectivity index (χ4v) is 5.03. The summed E-state index contributed by atoms with van der Waals surface area (Å²) in [6, 6.07) is 15.3. The lowest BCUT2D eigenvalue weighted by molar-refractivity contribution is -0.133. The van der Waals surface area contributed by atoms with Gasteiger partial charge in [-0.1, -0.05) is 47.5 Å². The lowest BCUT2D eigenvalue weighted by Gasteiger charge is -2.38. The number of aliphatic hydroxyl groups is 1. The molecule has 0 saturated heterocycles. The number of fused-ring (bicyclic) bond motifs is 1. The monoisotopic (exact) mass is 565 g/mol. The summed E-state index contributed by atoms with van der Waals surface area (Å²) in [7, 11) is 3.23. The fourth-order valence-electron chi connectivity index (χ4n) is 4.79. The molecule has 0 aliphatic carbocycles. The highest BCUT2D eigenvalue weighted by molar-refractivity contribution is 6.30. The number of carbonyl (C=O) groups is 2. The lowest BCUT2D eigenvalue weighted by atomic mass is 9.88. The third-order valence-electron chi connectivity index (χ3n) is 6.85. The number of hydrogen-bond acceptors (Lipinski definition) is 6. The van der Waals surface area contributed by atoms with Crippen LogP contribution in [0.5, 0.6) is 0 Å². The van der Waals surface area contributed by atoms with Crippen molar-refractivity contribution in [1.29, 1.82) is 0 Å². The Morgan fingerprint density at radius 1 is 1.10 bits per heavy atom. The van der Waals surface area contributed by atoms with Crippen LogP contribution >= 0.6 is 23.2 Å². The van der Waals surface area contributed by atoms with E-state index in [9.17, 15) is 14.7 Å². The van der Waals surface area contributed by atoms with Gasteiger partial charge in [0.15, 0.2) is 11.3 Å². The van der Waals surface area contributed by atoms with Gasteiger partial charge in [0.1, 0.15) is 0 Å². The molecule has 2 amide bonds. The molecule has 3 heterocycles. The molecule has 0 spiro atoms. The second-order valence-corrected chi connectivity index (χ2v) is 10.3. The molecule has 5 rings (SSSR count). The molecule has 2 aromatic heterocycles. The van der Waals surface area contributed by atoms with E-state index in [2.05, 4.69) is 15.4 Å².